The molecule has 0 saturated carbocycles. The van der Waals surface area contributed by atoms with Crippen LogP contribution in [-0.4, -0.2) is 46.0 Å². The van der Waals surface area contributed by atoms with Crippen molar-refractivity contribution in [1.29, 1.82) is 0 Å². The van der Waals surface area contributed by atoms with E-state index >= 15 is 0 Å². The van der Waals surface area contributed by atoms with Crippen molar-refractivity contribution in [2.45, 2.75) is 24.8 Å². The molecule has 0 aliphatic rings. The molecule has 1 N–H and O–H groups in total. The second-order valence-corrected chi connectivity index (χ2v) is 6.81. The van der Waals surface area contributed by atoms with Crippen molar-refractivity contribution in [2.75, 3.05) is 27.2 Å². The molecule has 0 aliphatic heterocycles. The maximum atomic E-state index is 12.1. The van der Waals surface area contributed by atoms with Crippen LogP contribution in [0.25, 0.3) is 0 Å². The number of nitrogens with zero attached hydrogens (tertiary/aromatic N) is 1. The van der Waals surface area contributed by atoms with E-state index < -0.39 is 10.0 Å². The van der Waals surface area contributed by atoms with Gasteiger partial charge in [-0.05, 0) is 12.1 Å². The number of para-hydroxylation sites is 1. The summed E-state index contributed by atoms with van der Waals surface area (Å²) >= 11 is 0. The van der Waals surface area contributed by atoms with Crippen molar-refractivity contribution in [2.24, 2.45) is 0 Å². The Kier molecular flexibility index (Phi) is 5.78. The summed E-state index contributed by atoms with van der Waals surface area (Å²) in [6.45, 7) is 5.20. The lowest BCUT2D eigenvalue weighted by atomic mass is 10.3. The van der Waals surface area contributed by atoms with E-state index in [4.69, 9.17) is 4.74 Å². The lowest BCUT2D eigenvalue weighted by Gasteiger charge is -2.16. The first-order valence-corrected chi connectivity index (χ1v) is 7.67. The number of benzene rings is 1. The van der Waals surface area contributed by atoms with Gasteiger partial charge in [-0.3, -0.25) is 0 Å². The molecule has 0 unspecified atom stereocenters. The van der Waals surface area contributed by atoms with Crippen LogP contribution in [-0.2, 0) is 10.0 Å². The molecule has 0 aliphatic carbocycles. The van der Waals surface area contributed by atoms with Crippen molar-refractivity contribution >= 4 is 10.0 Å². The first kappa shape index (κ1) is 15.9. The second-order valence-electron chi connectivity index (χ2n) is 4.69. The van der Waals surface area contributed by atoms with E-state index in [0.717, 1.165) is 0 Å². The zero-order chi connectivity index (χ0) is 14.5. The highest BCUT2D eigenvalue weighted by Crippen LogP contribution is 2.25. The number of ether oxygens (including phenoxy) is 1. The zero-order valence-electron chi connectivity index (χ0n) is 11.9. The van der Waals surface area contributed by atoms with Crippen molar-refractivity contribution in [3.63, 3.8) is 0 Å². The largest absolute Gasteiger partial charge is 0.491 e. The van der Waals surface area contributed by atoms with Crippen LogP contribution in [0.3, 0.4) is 0 Å². The highest BCUT2D eigenvalue weighted by atomic mass is 32.2. The third kappa shape index (κ3) is 4.49. The fourth-order valence-corrected chi connectivity index (χ4v) is 2.51. The molecule has 19 heavy (non-hydrogen) atoms. The summed E-state index contributed by atoms with van der Waals surface area (Å²) in [7, 11) is -0.460. The minimum atomic E-state index is -3.47. The first-order chi connectivity index (χ1) is 8.85. The molecule has 0 aromatic heterocycles. The molecule has 1 aromatic carbocycles. The average molecular weight is 286 g/mol. The molecule has 6 heteroatoms. The van der Waals surface area contributed by atoms with Crippen molar-refractivity contribution in [3.05, 3.63) is 24.3 Å². The zero-order valence-corrected chi connectivity index (χ0v) is 12.7. The second kappa shape index (κ2) is 6.88. The predicted octanol–water partition coefficient (Wildman–Crippen LogP) is 1.31. The predicted molar refractivity (Wildman–Crippen MR) is 75.9 cm³/mol. The Morgan fingerprint density at radius 3 is 2.47 bits per heavy atom. The van der Waals surface area contributed by atoms with Gasteiger partial charge in [-0.15, -0.1) is 0 Å². The normalized spacial score (nSPS) is 12.1. The summed E-state index contributed by atoms with van der Waals surface area (Å²) in [5, 5.41) is 3.21. The van der Waals surface area contributed by atoms with Crippen LogP contribution in [0.5, 0.6) is 5.75 Å². The Balaban J connectivity index is 2.80. The summed E-state index contributed by atoms with van der Waals surface area (Å²) in [6.07, 6.45) is 0. The molecule has 0 saturated heterocycles. The molecule has 5 nitrogen and oxygen atoms in total. The number of hydrogen-bond acceptors (Lipinski definition) is 4. The van der Waals surface area contributed by atoms with E-state index in [-0.39, 0.29) is 4.90 Å². The van der Waals surface area contributed by atoms with E-state index in [1.54, 1.807) is 24.3 Å². The van der Waals surface area contributed by atoms with Gasteiger partial charge in [0.25, 0.3) is 0 Å². The molecular formula is C13H22N2O3S. The summed E-state index contributed by atoms with van der Waals surface area (Å²) in [4.78, 5) is 0.199. The van der Waals surface area contributed by atoms with Gasteiger partial charge in [0, 0.05) is 26.7 Å². The SMILES string of the molecule is CC(C)NCCOc1ccccc1S(=O)(=O)N(C)C. The van der Waals surface area contributed by atoms with Gasteiger partial charge in [-0.2, -0.15) is 0 Å². The highest BCUT2D eigenvalue weighted by Gasteiger charge is 2.21. The summed E-state index contributed by atoms with van der Waals surface area (Å²) in [5.74, 6) is 0.391. The lowest BCUT2D eigenvalue weighted by molar-refractivity contribution is 0.301. The summed E-state index contributed by atoms with van der Waals surface area (Å²) in [5.41, 5.74) is 0. The Bertz CT molecular complexity index is 498. The Hall–Kier alpha value is -1.11. The van der Waals surface area contributed by atoms with Crippen molar-refractivity contribution < 1.29 is 13.2 Å². The molecule has 1 rings (SSSR count). The topological polar surface area (TPSA) is 58.6 Å². The smallest absolute Gasteiger partial charge is 0.246 e. The van der Waals surface area contributed by atoms with E-state index in [1.807, 2.05) is 13.8 Å². The first-order valence-electron chi connectivity index (χ1n) is 6.23. The van der Waals surface area contributed by atoms with Gasteiger partial charge in [0.05, 0.1) is 0 Å². The Morgan fingerprint density at radius 1 is 1.26 bits per heavy atom. The van der Waals surface area contributed by atoms with E-state index in [1.165, 1.54) is 18.4 Å². The van der Waals surface area contributed by atoms with Gasteiger partial charge in [0.1, 0.15) is 17.3 Å². The van der Waals surface area contributed by atoms with Crippen LogP contribution in [0.1, 0.15) is 13.8 Å². The van der Waals surface area contributed by atoms with Crippen LogP contribution < -0.4 is 10.1 Å². The van der Waals surface area contributed by atoms with Crippen LogP contribution in [0, 0.1) is 0 Å². The van der Waals surface area contributed by atoms with Gasteiger partial charge in [-0.1, -0.05) is 26.0 Å². The molecule has 0 amide bonds. The fourth-order valence-electron chi connectivity index (χ4n) is 1.49. The maximum absolute atomic E-state index is 12.1. The maximum Gasteiger partial charge on any atom is 0.246 e. The van der Waals surface area contributed by atoms with Crippen LogP contribution >= 0.6 is 0 Å². The van der Waals surface area contributed by atoms with Crippen molar-refractivity contribution in [3.8, 4) is 5.75 Å². The number of nitrogens with one attached hydrogen (secondary N) is 1. The van der Waals surface area contributed by atoms with Gasteiger partial charge >= 0.3 is 0 Å². The summed E-state index contributed by atoms with van der Waals surface area (Å²) in [6, 6.07) is 7.06. The molecule has 0 heterocycles. The Morgan fingerprint density at radius 2 is 1.89 bits per heavy atom. The quantitative estimate of drug-likeness (QED) is 0.768. The van der Waals surface area contributed by atoms with Crippen LogP contribution in [0.2, 0.25) is 0 Å². The minimum absolute atomic E-state index is 0.199. The lowest BCUT2D eigenvalue weighted by Crippen LogP contribution is -2.28. The molecular weight excluding hydrogens is 264 g/mol. The van der Waals surface area contributed by atoms with E-state index in [9.17, 15) is 8.42 Å². The molecule has 0 radical (unpaired) electrons. The standard InChI is InChI=1S/C13H22N2O3S/c1-11(2)14-9-10-18-12-7-5-6-8-13(12)19(16,17)15(3)4/h5-8,11,14H,9-10H2,1-4H3. The fraction of sp³-hybridized carbons (Fsp3) is 0.538. The molecule has 1 aromatic rings. The third-order valence-electron chi connectivity index (χ3n) is 2.52. The highest BCUT2D eigenvalue weighted by molar-refractivity contribution is 7.89. The van der Waals surface area contributed by atoms with Gasteiger partial charge in [0.2, 0.25) is 10.0 Å². The average Bonchev–Trinajstić information content (AvgIpc) is 2.34. The monoisotopic (exact) mass is 286 g/mol. The van der Waals surface area contributed by atoms with Crippen LogP contribution in [0.4, 0.5) is 0 Å². The van der Waals surface area contributed by atoms with Gasteiger partial charge in [-0.25, -0.2) is 12.7 Å². The summed E-state index contributed by atoms with van der Waals surface area (Å²) < 4.78 is 31.0. The number of hydrogen-bond donors (Lipinski definition) is 1. The van der Waals surface area contributed by atoms with Gasteiger partial charge < -0.3 is 10.1 Å². The molecule has 0 fully saturated rings. The third-order valence-corrected chi connectivity index (χ3v) is 4.37. The molecule has 0 spiro atoms. The van der Waals surface area contributed by atoms with E-state index in [2.05, 4.69) is 5.32 Å². The molecule has 0 atom stereocenters. The van der Waals surface area contributed by atoms with Crippen LogP contribution in [0.15, 0.2) is 29.2 Å². The minimum Gasteiger partial charge on any atom is -0.491 e. The van der Waals surface area contributed by atoms with Gasteiger partial charge in [0.15, 0.2) is 0 Å². The Labute approximate surface area is 115 Å². The number of rotatable bonds is 7. The van der Waals surface area contributed by atoms with Crippen molar-refractivity contribution in [1.82, 2.24) is 9.62 Å². The molecule has 108 valence electrons. The van der Waals surface area contributed by atoms with E-state index in [0.29, 0.717) is 24.9 Å². The molecule has 0 bridgehead atoms. The number of sulfonamides is 1.